The summed E-state index contributed by atoms with van der Waals surface area (Å²) in [6.07, 6.45) is 0. The second-order valence-corrected chi connectivity index (χ2v) is 2.81. The number of nitrogens with two attached hydrogens (primary N) is 1. The van der Waals surface area contributed by atoms with Crippen LogP contribution in [0.1, 0.15) is 20.8 Å². The Morgan fingerprint density at radius 1 is 1.44 bits per heavy atom. The summed E-state index contributed by atoms with van der Waals surface area (Å²) in [4.78, 5) is 0. The molecule has 0 saturated heterocycles. The van der Waals surface area contributed by atoms with Crippen molar-refractivity contribution < 1.29 is 0 Å². The molecular formula is C5H12N4. The molecular weight excluding hydrogens is 116 g/mol. The van der Waals surface area contributed by atoms with Crippen molar-refractivity contribution in [2.45, 2.75) is 20.8 Å². The molecule has 0 bridgehead atoms. The van der Waals surface area contributed by atoms with Gasteiger partial charge in [-0.25, -0.2) is 0 Å². The second-order valence-electron chi connectivity index (χ2n) is 2.81. The molecule has 0 amide bonds. The molecule has 0 radical (unpaired) electrons. The Labute approximate surface area is 54.6 Å². The summed E-state index contributed by atoms with van der Waals surface area (Å²) in [6.45, 7) is 5.64. The third-order valence-electron chi connectivity index (χ3n) is 0.868. The van der Waals surface area contributed by atoms with E-state index in [0.717, 1.165) is 0 Å². The number of rotatable bonds is 0. The first kappa shape index (κ1) is 8.07. The van der Waals surface area contributed by atoms with E-state index in [-0.39, 0.29) is 11.3 Å². The molecule has 0 unspecified atom stereocenters. The summed E-state index contributed by atoms with van der Waals surface area (Å²) >= 11 is 0. The van der Waals surface area contributed by atoms with Crippen molar-refractivity contribution in [1.29, 1.82) is 5.41 Å². The zero-order chi connectivity index (χ0) is 7.49. The lowest BCUT2D eigenvalue weighted by Gasteiger charge is -2.13. The van der Waals surface area contributed by atoms with Gasteiger partial charge in [-0.2, -0.15) is 0 Å². The summed E-state index contributed by atoms with van der Waals surface area (Å²) in [5, 5.41) is 13.6. The fourth-order valence-electron chi connectivity index (χ4n) is 0.208. The summed E-state index contributed by atoms with van der Waals surface area (Å²) in [6, 6.07) is 0. The molecule has 0 aromatic heterocycles. The highest BCUT2D eigenvalue weighted by atomic mass is 15.3. The zero-order valence-corrected chi connectivity index (χ0v) is 5.97. The average molecular weight is 128 g/mol. The second kappa shape index (κ2) is 2.57. The molecule has 52 valence electrons. The van der Waals surface area contributed by atoms with Crippen molar-refractivity contribution in [2.24, 2.45) is 21.6 Å². The fourth-order valence-corrected chi connectivity index (χ4v) is 0.208. The van der Waals surface area contributed by atoms with E-state index in [4.69, 9.17) is 11.3 Å². The molecule has 4 heteroatoms. The maximum absolute atomic E-state index is 7.20. The summed E-state index contributed by atoms with van der Waals surface area (Å²) in [7, 11) is 0. The maximum atomic E-state index is 7.20. The normalized spacial score (nSPS) is 12.3. The van der Waals surface area contributed by atoms with E-state index >= 15 is 0 Å². The first-order valence-electron chi connectivity index (χ1n) is 2.68. The Hall–Kier alpha value is -0.930. The first-order valence-corrected chi connectivity index (χ1v) is 2.68. The van der Waals surface area contributed by atoms with E-state index in [0.29, 0.717) is 0 Å². The minimum absolute atomic E-state index is 0.199. The average Bonchev–Trinajstić information content (AvgIpc) is 1.64. The number of nitrogens with zero attached hydrogens (tertiary/aromatic N) is 2. The summed E-state index contributed by atoms with van der Waals surface area (Å²) in [5.41, 5.74) is -0.247. The lowest BCUT2D eigenvalue weighted by Crippen LogP contribution is -2.16. The van der Waals surface area contributed by atoms with Gasteiger partial charge in [-0.1, -0.05) is 26.0 Å². The monoisotopic (exact) mass is 128 g/mol. The van der Waals surface area contributed by atoms with Gasteiger partial charge in [-0.15, -0.1) is 5.11 Å². The molecule has 0 aromatic carbocycles. The molecule has 0 aromatic rings. The minimum Gasteiger partial charge on any atom is -0.305 e. The van der Waals surface area contributed by atoms with Gasteiger partial charge in [-0.3, -0.25) is 5.41 Å². The number of amidine groups is 1. The van der Waals surface area contributed by atoms with Gasteiger partial charge in [0.25, 0.3) is 0 Å². The van der Waals surface area contributed by atoms with Crippen LogP contribution in [0.15, 0.2) is 10.3 Å². The van der Waals surface area contributed by atoms with Crippen molar-refractivity contribution in [3.63, 3.8) is 0 Å². The van der Waals surface area contributed by atoms with E-state index in [9.17, 15) is 0 Å². The molecule has 0 aliphatic carbocycles. The number of nitrogens with one attached hydrogen (secondary N) is 1. The Bertz CT molecular complexity index is 130. The molecule has 0 aliphatic heterocycles. The number of hydrogen-bond acceptors (Lipinski definition) is 2. The molecule has 0 saturated carbocycles. The maximum Gasteiger partial charge on any atom is 0.150 e. The van der Waals surface area contributed by atoms with E-state index in [1.807, 2.05) is 20.8 Å². The number of hydrogen-bond donors (Lipinski definition) is 2. The summed E-state index contributed by atoms with van der Waals surface area (Å²) in [5.74, 6) is 4.94. The van der Waals surface area contributed by atoms with Crippen LogP contribution in [-0.4, -0.2) is 5.84 Å². The smallest absolute Gasteiger partial charge is 0.150 e. The molecule has 9 heavy (non-hydrogen) atoms. The van der Waals surface area contributed by atoms with Crippen molar-refractivity contribution in [1.82, 2.24) is 0 Å². The first-order chi connectivity index (χ1) is 3.98. The van der Waals surface area contributed by atoms with Crippen LogP contribution in [0.25, 0.3) is 0 Å². The molecule has 3 N–H and O–H groups in total. The summed E-state index contributed by atoms with van der Waals surface area (Å²) < 4.78 is 0. The van der Waals surface area contributed by atoms with E-state index < -0.39 is 0 Å². The third-order valence-corrected chi connectivity index (χ3v) is 0.868. The van der Waals surface area contributed by atoms with Crippen molar-refractivity contribution in [2.75, 3.05) is 0 Å². The van der Waals surface area contributed by atoms with Gasteiger partial charge in [0.15, 0.2) is 5.84 Å². The van der Waals surface area contributed by atoms with Crippen LogP contribution >= 0.6 is 0 Å². The minimum atomic E-state index is -0.247. The van der Waals surface area contributed by atoms with Crippen LogP contribution in [0.3, 0.4) is 0 Å². The SMILES string of the molecule is CC(C)(C)C(=N)/N=N\N. The van der Waals surface area contributed by atoms with E-state index in [1.54, 1.807) is 0 Å². The zero-order valence-electron chi connectivity index (χ0n) is 5.97. The van der Waals surface area contributed by atoms with Crippen molar-refractivity contribution in [3.05, 3.63) is 0 Å². The molecule has 0 rings (SSSR count). The fraction of sp³-hybridized carbons (Fsp3) is 0.800. The topological polar surface area (TPSA) is 74.6 Å². The van der Waals surface area contributed by atoms with Gasteiger partial charge in [0.1, 0.15) is 0 Å². The lowest BCUT2D eigenvalue weighted by molar-refractivity contribution is 0.577. The Balaban J connectivity index is 4.06. The van der Waals surface area contributed by atoms with Gasteiger partial charge in [0.2, 0.25) is 0 Å². The molecule has 4 nitrogen and oxygen atoms in total. The Morgan fingerprint density at radius 3 is 2.00 bits per heavy atom. The predicted molar refractivity (Wildman–Crippen MR) is 36.2 cm³/mol. The quantitative estimate of drug-likeness (QED) is 0.167. The molecule has 0 heterocycles. The highest BCUT2D eigenvalue weighted by Gasteiger charge is 2.16. The third kappa shape index (κ3) is 2.79. The van der Waals surface area contributed by atoms with Crippen LogP contribution < -0.4 is 5.84 Å². The van der Waals surface area contributed by atoms with Crippen molar-refractivity contribution in [3.8, 4) is 0 Å². The van der Waals surface area contributed by atoms with Crippen LogP contribution in [0, 0.1) is 10.8 Å². The predicted octanol–water partition coefficient (Wildman–Crippen LogP) is 1.34. The molecule has 0 aliphatic rings. The lowest BCUT2D eigenvalue weighted by atomic mass is 9.96. The van der Waals surface area contributed by atoms with Crippen molar-refractivity contribution >= 4 is 5.84 Å². The molecule has 0 fully saturated rings. The molecule has 0 atom stereocenters. The van der Waals surface area contributed by atoms with Crippen LogP contribution in [0.5, 0.6) is 0 Å². The largest absolute Gasteiger partial charge is 0.305 e. The van der Waals surface area contributed by atoms with E-state index in [1.165, 1.54) is 0 Å². The molecule has 0 spiro atoms. The standard InChI is InChI=1S/C5H12N4/c1-5(2,3)4(6)8-9-7/h1-3H3,(H3,6,7,8). The van der Waals surface area contributed by atoms with Crippen LogP contribution in [-0.2, 0) is 0 Å². The Kier molecular flexibility index (Phi) is 2.30. The van der Waals surface area contributed by atoms with Gasteiger partial charge < -0.3 is 5.84 Å². The highest BCUT2D eigenvalue weighted by Crippen LogP contribution is 2.14. The van der Waals surface area contributed by atoms with Gasteiger partial charge in [-0.05, 0) is 0 Å². The highest BCUT2D eigenvalue weighted by molar-refractivity contribution is 5.84. The van der Waals surface area contributed by atoms with Crippen LogP contribution in [0.2, 0.25) is 0 Å². The van der Waals surface area contributed by atoms with Gasteiger partial charge in [0.05, 0.1) is 0 Å². The van der Waals surface area contributed by atoms with E-state index in [2.05, 4.69) is 10.3 Å². The van der Waals surface area contributed by atoms with Crippen LogP contribution in [0.4, 0.5) is 0 Å². The van der Waals surface area contributed by atoms with Gasteiger partial charge >= 0.3 is 0 Å². The Morgan fingerprint density at radius 2 is 1.89 bits per heavy atom. The van der Waals surface area contributed by atoms with Gasteiger partial charge in [0, 0.05) is 5.41 Å².